The van der Waals surface area contributed by atoms with Gasteiger partial charge in [0.15, 0.2) is 0 Å². The average Bonchev–Trinajstić information content (AvgIpc) is 2.71. The molecule has 0 amide bonds. The summed E-state index contributed by atoms with van der Waals surface area (Å²) >= 11 is 0. The molecule has 3 heteroatoms. The summed E-state index contributed by atoms with van der Waals surface area (Å²) in [7, 11) is 0. The highest BCUT2D eigenvalue weighted by Crippen LogP contribution is 2.63. The maximum absolute atomic E-state index is 13.1. The quantitative estimate of drug-likeness (QED) is 0.685. The highest BCUT2D eigenvalue weighted by Gasteiger charge is 2.70. The van der Waals surface area contributed by atoms with Crippen molar-refractivity contribution in [2.24, 2.45) is 0 Å². The van der Waals surface area contributed by atoms with E-state index in [0.717, 1.165) is 0 Å². The van der Waals surface area contributed by atoms with Crippen LogP contribution in [0, 0.1) is 5.82 Å². The molecule has 1 aromatic carbocycles. The molecule has 0 nitrogen and oxygen atoms in total. The standard InChI is InChI=1S/C11H11F3/c1-2-10(7-11(10,13)14)8-3-5-9(12)6-4-8/h3-6H,2,7H2,1H3. The molecule has 2 rings (SSSR count). The molecule has 0 heterocycles. The molecule has 1 unspecified atom stereocenters. The first kappa shape index (κ1) is 9.56. The summed E-state index contributed by atoms with van der Waals surface area (Å²) in [5.74, 6) is -3.00. The lowest BCUT2D eigenvalue weighted by Gasteiger charge is -2.13. The first-order chi connectivity index (χ1) is 6.52. The Morgan fingerprint density at radius 1 is 1.21 bits per heavy atom. The molecule has 1 aliphatic rings. The number of halogens is 3. The normalized spacial score (nSPS) is 28.9. The van der Waals surface area contributed by atoms with Crippen LogP contribution in [0.25, 0.3) is 0 Å². The number of hydrogen-bond acceptors (Lipinski definition) is 0. The second-order valence-electron chi connectivity index (χ2n) is 3.82. The van der Waals surface area contributed by atoms with E-state index in [1.54, 1.807) is 6.92 Å². The van der Waals surface area contributed by atoms with Gasteiger partial charge >= 0.3 is 0 Å². The summed E-state index contributed by atoms with van der Waals surface area (Å²) in [6.07, 6.45) is 0.285. The van der Waals surface area contributed by atoms with Gasteiger partial charge in [0.2, 0.25) is 0 Å². The summed E-state index contributed by atoms with van der Waals surface area (Å²) in [5.41, 5.74) is -0.479. The van der Waals surface area contributed by atoms with Gasteiger partial charge in [0.25, 0.3) is 5.92 Å². The minimum atomic E-state index is -2.61. The largest absolute Gasteiger partial charge is 0.258 e. The van der Waals surface area contributed by atoms with Crippen LogP contribution in [-0.2, 0) is 5.41 Å². The molecular formula is C11H11F3. The fourth-order valence-corrected chi connectivity index (χ4v) is 2.00. The molecule has 0 spiro atoms. The smallest absolute Gasteiger partial charge is 0.207 e. The van der Waals surface area contributed by atoms with E-state index < -0.39 is 11.3 Å². The molecule has 1 saturated carbocycles. The Kier molecular flexibility index (Phi) is 1.88. The summed E-state index contributed by atoms with van der Waals surface area (Å²) in [4.78, 5) is 0. The Balaban J connectivity index is 2.36. The first-order valence-electron chi connectivity index (χ1n) is 4.66. The van der Waals surface area contributed by atoms with Crippen molar-refractivity contribution in [1.82, 2.24) is 0 Å². The van der Waals surface area contributed by atoms with Crippen LogP contribution in [0.2, 0.25) is 0 Å². The zero-order chi connectivity index (χ0) is 10.4. The minimum Gasteiger partial charge on any atom is -0.207 e. The Labute approximate surface area is 80.7 Å². The monoisotopic (exact) mass is 200 g/mol. The Bertz CT molecular complexity index is 342. The van der Waals surface area contributed by atoms with Crippen molar-refractivity contribution < 1.29 is 13.2 Å². The van der Waals surface area contributed by atoms with E-state index in [4.69, 9.17) is 0 Å². The van der Waals surface area contributed by atoms with E-state index in [9.17, 15) is 13.2 Å². The van der Waals surface area contributed by atoms with Crippen LogP contribution in [0.1, 0.15) is 25.3 Å². The highest BCUT2D eigenvalue weighted by atomic mass is 19.3. The van der Waals surface area contributed by atoms with Crippen molar-refractivity contribution in [3.05, 3.63) is 35.6 Å². The lowest BCUT2D eigenvalue weighted by molar-refractivity contribution is 0.0865. The summed E-state index contributed by atoms with van der Waals surface area (Å²) < 4.78 is 38.9. The fraction of sp³-hybridized carbons (Fsp3) is 0.455. The predicted molar refractivity (Wildman–Crippen MR) is 47.9 cm³/mol. The van der Waals surface area contributed by atoms with Gasteiger partial charge in [-0.25, -0.2) is 13.2 Å². The maximum atomic E-state index is 13.1. The van der Waals surface area contributed by atoms with E-state index in [-0.39, 0.29) is 12.2 Å². The van der Waals surface area contributed by atoms with Crippen LogP contribution >= 0.6 is 0 Å². The molecule has 14 heavy (non-hydrogen) atoms. The average molecular weight is 200 g/mol. The van der Waals surface area contributed by atoms with E-state index in [1.165, 1.54) is 24.3 Å². The van der Waals surface area contributed by atoms with Gasteiger partial charge in [-0.3, -0.25) is 0 Å². The minimum absolute atomic E-state index is 0.109. The number of rotatable bonds is 2. The van der Waals surface area contributed by atoms with Crippen molar-refractivity contribution in [3.63, 3.8) is 0 Å². The fourth-order valence-electron chi connectivity index (χ4n) is 2.00. The van der Waals surface area contributed by atoms with E-state index in [2.05, 4.69) is 0 Å². The van der Waals surface area contributed by atoms with Crippen molar-refractivity contribution in [2.45, 2.75) is 31.1 Å². The molecular weight excluding hydrogens is 189 g/mol. The van der Waals surface area contributed by atoms with E-state index >= 15 is 0 Å². The van der Waals surface area contributed by atoms with Crippen LogP contribution in [0.4, 0.5) is 13.2 Å². The van der Waals surface area contributed by atoms with Crippen LogP contribution < -0.4 is 0 Å². The molecule has 0 N–H and O–H groups in total. The SMILES string of the molecule is CCC1(c2ccc(F)cc2)CC1(F)F. The molecule has 0 radical (unpaired) electrons. The van der Waals surface area contributed by atoms with Gasteiger partial charge in [-0.15, -0.1) is 0 Å². The van der Waals surface area contributed by atoms with Gasteiger partial charge in [-0.05, 0) is 24.1 Å². The molecule has 0 saturated heterocycles. The van der Waals surface area contributed by atoms with Crippen LogP contribution in [0.15, 0.2) is 24.3 Å². The highest BCUT2D eigenvalue weighted by molar-refractivity contribution is 5.37. The third kappa shape index (κ3) is 1.15. The van der Waals surface area contributed by atoms with Gasteiger partial charge in [0, 0.05) is 6.42 Å². The molecule has 0 aromatic heterocycles. The van der Waals surface area contributed by atoms with Gasteiger partial charge in [-0.1, -0.05) is 19.1 Å². The topological polar surface area (TPSA) is 0 Å². The van der Waals surface area contributed by atoms with Crippen molar-refractivity contribution in [1.29, 1.82) is 0 Å². The third-order valence-corrected chi connectivity index (χ3v) is 3.10. The summed E-state index contributed by atoms with van der Waals surface area (Å²) in [5, 5.41) is 0. The second kappa shape index (κ2) is 2.75. The van der Waals surface area contributed by atoms with Crippen LogP contribution in [0.5, 0.6) is 0 Å². The predicted octanol–water partition coefficient (Wildman–Crippen LogP) is 3.51. The van der Waals surface area contributed by atoms with Crippen molar-refractivity contribution in [3.8, 4) is 0 Å². The number of benzene rings is 1. The Hall–Kier alpha value is -0.990. The van der Waals surface area contributed by atoms with E-state index in [0.29, 0.717) is 12.0 Å². The van der Waals surface area contributed by atoms with Gasteiger partial charge in [0.1, 0.15) is 5.82 Å². The Morgan fingerprint density at radius 2 is 1.71 bits per heavy atom. The van der Waals surface area contributed by atoms with Gasteiger partial charge in [-0.2, -0.15) is 0 Å². The summed E-state index contributed by atoms with van der Waals surface area (Å²) in [6.45, 7) is 1.74. The van der Waals surface area contributed by atoms with Crippen molar-refractivity contribution >= 4 is 0 Å². The zero-order valence-electron chi connectivity index (χ0n) is 7.86. The molecule has 76 valence electrons. The molecule has 1 aromatic rings. The van der Waals surface area contributed by atoms with Crippen LogP contribution in [0.3, 0.4) is 0 Å². The third-order valence-electron chi connectivity index (χ3n) is 3.10. The first-order valence-corrected chi connectivity index (χ1v) is 4.66. The lowest BCUT2D eigenvalue weighted by Crippen LogP contribution is -2.15. The van der Waals surface area contributed by atoms with Crippen molar-refractivity contribution in [2.75, 3.05) is 0 Å². The lowest BCUT2D eigenvalue weighted by atomic mass is 9.92. The number of alkyl halides is 2. The molecule has 1 atom stereocenters. The molecule has 1 fully saturated rings. The Morgan fingerprint density at radius 3 is 2.07 bits per heavy atom. The number of hydrogen-bond donors (Lipinski definition) is 0. The summed E-state index contributed by atoms with van der Waals surface area (Å²) in [6, 6.07) is 5.39. The zero-order valence-corrected chi connectivity index (χ0v) is 7.86. The maximum Gasteiger partial charge on any atom is 0.258 e. The second-order valence-corrected chi connectivity index (χ2v) is 3.82. The molecule has 1 aliphatic carbocycles. The van der Waals surface area contributed by atoms with E-state index in [1.807, 2.05) is 0 Å². The van der Waals surface area contributed by atoms with Crippen LogP contribution in [-0.4, -0.2) is 5.92 Å². The van der Waals surface area contributed by atoms with Gasteiger partial charge < -0.3 is 0 Å². The molecule has 0 aliphatic heterocycles. The molecule has 0 bridgehead atoms. The van der Waals surface area contributed by atoms with Gasteiger partial charge in [0.05, 0.1) is 5.41 Å².